The van der Waals surface area contributed by atoms with Gasteiger partial charge >= 0.3 is 7.82 Å². The van der Waals surface area contributed by atoms with Crippen LogP contribution in [0.15, 0.2) is 12.3 Å². The number of hydrogen-bond acceptors (Lipinski definition) is 9. The van der Waals surface area contributed by atoms with Crippen LogP contribution in [0.3, 0.4) is 0 Å². The molecule has 0 spiro atoms. The molecule has 0 saturated carbocycles. The van der Waals surface area contributed by atoms with E-state index < -0.39 is 63.0 Å². The molecule has 3 N–H and O–H groups in total. The summed E-state index contributed by atoms with van der Waals surface area (Å²) in [5.41, 5.74) is -3.67. The number of phosphoric acid groups is 1. The number of nitrogens with one attached hydrogen (secondary N) is 1. The number of carbonyl (C=O) groups is 1. The second-order valence-corrected chi connectivity index (χ2v) is 8.47. The number of alkyl halides is 1. The van der Waals surface area contributed by atoms with Gasteiger partial charge in [0.15, 0.2) is 11.8 Å². The zero-order chi connectivity index (χ0) is 19.3. The average molecular weight is 396 g/mol. The first-order chi connectivity index (χ1) is 12.0. The number of aliphatic hydroxyl groups is 2. The molecular formula is C14H22FN2O8P. The molecule has 3 aliphatic rings. The maximum Gasteiger partial charge on any atom is 0.475 e. The lowest BCUT2D eigenvalue weighted by Crippen LogP contribution is -2.60. The first-order valence-corrected chi connectivity index (χ1v) is 9.51. The molecule has 148 valence electrons. The monoisotopic (exact) mass is 396 g/mol. The first-order valence-electron chi connectivity index (χ1n) is 8.05. The van der Waals surface area contributed by atoms with Crippen molar-refractivity contribution in [2.75, 3.05) is 13.3 Å². The zero-order valence-electron chi connectivity index (χ0n) is 14.5. The maximum atomic E-state index is 13.9. The van der Waals surface area contributed by atoms with Crippen molar-refractivity contribution in [1.82, 2.24) is 10.2 Å². The molecule has 2 unspecified atom stereocenters. The van der Waals surface area contributed by atoms with Crippen LogP contribution in [0.1, 0.15) is 20.8 Å². The fourth-order valence-corrected chi connectivity index (χ4v) is 4.96. The maximum absolute atomic E-state index is 13.9. The molecule has 10 nitrogen and oxygen atoms in total. The van der Waals surface area contributed by atoms with E-state index in [1.165, 1.54) is 13.1 Å². The van der Waals surface area contributed by atoms with Crippen LogP contribution in [0.2, 0.25) is 0 Å². The van der Waals surface area contributed by atoms with Crippen molar-refractivity contribution in [1.29, 1.82) is 0 Å². The number of carbonyl (C=O) groups excluding carboxylic acids is 1. The van der Waals surface area contributed by atoms with Crippen LogP contribution in [-0.4, -0.2) is 70.3 Å². The third kappa shape index (κ3) is 3.18. The van der Waals surface area contributed by atoms with Crippen molar-refractivity contribution >= 4 is 13.7 Å². The molecule has 3 rings (SSSR count). The van der Waals surface area contributed by atoms with Crippen LogP contribution in [0.25, 0.3) is 0 Å². The smallest absolute Gasteiger partial charge is 0.383 e. The molecule has 12 heteroatoms. The van der Waals surface area contributed by atoms with E-state index in [-0.39, 0.29) is 0 Å². The summed E-state index contributed by atoms with van der Waals surface area (Å²) in [5, 5.41) is 23.3. The Morgan fingerprint density at radius 3 is 2.85 bits per heavy atom. The Kier molecular flexibility index (Phi) is 4.94. The van der Waals surface area contributed by atoms with Gasteiger partial charge in [0.1, 0.15) is 18.4 Å². The van der Waals surface area contributed by atoms with E-state index in [4.69, 9.17) is 18.3 Å². The standard InChI is InChI=1S/C14H22FN2O8P/c1-8(2)24-26(21)22-7-14(6-15)10(25-26)13(3,20)11(23-14)17-5-4-9(18)16-12(17)19/h4-5,8,10-12,19-20H,6-7H2,1-3H3,(H,16,18)/t10-,11+,12?,13+,14+,26?/m0/s1. The Hall–Kier alpha value is -1.07. The Morgan fingerprint density at radius 1 is 1.58 bits per heavy atom. The second kappa shape index (κ2) is 6.52. The topological polar surface area (TPSA) is 127 Å². The largest absolute Gasteiger partial charge is 0.475 e. The molecule has 0 aromatic carbocycles. The molecule has 26 heavy (non-hydrogen) atoms. The molecule has 3 heterocycles. The zero-order valence-corrected chi connectivity index (χ0v) is 15.4. The Labute approximate surface area is 149 Å². The van der Waals surface area contributed by atoms with E-state index in [1.807, 2.05) is 0 Å². The number of halogens is 1. The third-order valence-electron chi connectivity index (χ3n) is 4.35. The molecule has 3 aliphatic heterocycles. The highest BCUT2D eigenvalue weighted by molar-refractivity contribution is 7.48. The molecule has 6 atom stereocenters. The predicted molar refractivity (Wildman–Crippen MR) is 84.0 cm³/mol. The number of ether oxygens (including phenoxy) is 1. The van der Waals surface area contributed by atoms with Crippen LogP contribution in [0, 0.1) is 0 Å². The van der Waals surface area contributed by atoms with Crippen molar-refractivity contribution in [3.05, 3.63) is 12.3 Å². The quantitative estimate of drug-likeness (QED) is 0.562. The van der Waals surface area contributed by atoms with Crippen molar-refractivity contribution in [3.63, 3.8) is 0 Å². The summed E-state index contributed by atoms with van der Waals surface area (Å²) >= 11 is 0. The summed E-state index contributed by atoms with van der Waals surface area (Å²) in [6, 6.07) is 0. The van der Waals surface area contributed by atoms with E-state index in [1.54, 1.807) is 13.8 Å². The normalized spacial score (nSPS) is 45.7. The minimum atomic E-state index is -4.04. The van der Waals surface area contributed by atoms with Gasteiger partial charge < -0.3 is 25.2 Å². The van der Waals surface area contributed by atoms with Gasteiger partial charge in [-0.15, -0.1) is 0 Å². The molecule has 2 fully saturated rings. The lowest BCUT2D eigenvalue weighted by atomic mass is 9.88. The number of amides is 1. The Bertz CT molecular complexity index is 659. The van der Waals surface area contributed by atoms with E-state index in [9.17, 15) is 24.0 Å². The van der Waals surface area contributed by atoms with Gasteiger partial charge in [-0.25, -0.2) is 8.96 Å². The summed E-state index contributed by atoms with van der Waals surface area (Å²) in [6.07, 6.45) is -2.41. The number of rotatable bonds is 4. The molecule has 2 saturated heterocycles. The van der Waals surface area contributed by atoms with Gasteiger partial charge in [-0.1, -0.05) is 0 Å². The van der Waals surface area contributed by atoms with E-state index in [0.29, 0.717) is 0 Å². The summed E-state index contributed by atoms with van der Waals surface area (Å²) in [6.45, 7) is 2.94. The van der Waals surface area contributed by atoms with Gasteiger partial charge in [0.05, 0.1) is 12.7 Å². The molecule has 1 amide bonds. The van der Waals surface area contributed by atoms with Gasteiger partial charge in [0.25, 0.3) is 0 Å². The minimum absolute atomic E-state index is 0.481. The number of fused-ring (bicyclic) bond motifs is 1. The number of phosphoric ester groups is 1. The Balaban J connectivity index is 1.92. The fraction of sp³-hybridized carbons (Fsp3) is 0.786. The lowest BCUT2D eigenvalue weighted by molar-refractivity contribution is -0.192. The van der Waals surface area contributed by atoms with E-state index in [0.717, 1.165) is 11.0 Å². The van der Waals surface area contributed by atoms with Crippen LogP contribution >= 0.6 is 7.82 Å². The Morgan fingerprint density at radius 2 is 2.27 bits per heavy atom. The predicted octanol–water partition coefficient (Wildman–Crippen LogP) is -0.0281. The molecule has 0 radical (unpaired) electrons. The van der Waals surface area contributed by atoms with Crippen molar-refractivity contribution < 1.29 is 42.3 Å². The summed E-state index contributed by atoms with van der Waals surface area (Å²) in [5.74, 6) is -0.543. The molecule has 0 bridgehead atoms. The highest BCUT2D eigenvalue weighted by Gasteiger charge is 2.69. The summed E-state index contributed by atoms with van der Waals surface area (Å²) in [7, 11) is -4.04. The summed E-state index contributed by atoms with van der Waals surface area (Å²) in [4.78, 5) is 12.4. The number of hydrogen-bond donors (Lipinski definition) is 3. The molecule has 0 aliphatic carbocycles. The SMILES string of the molecule is CC(C)OP1(=O)OC[C@@]2(CF)O[C@@H](N3C=CC(=O)NC3O)[C@](C)(O)[C@@H]2O1. The van der Waals surface area contributed by atoms with Crippen LogP contribution in [-0.2, 0) is 27.7 Å². The highest BCUT2D eigenvalue weighted by Crippen LogP contribution is 2.61. The molecule has 0 aromatic heterocycles. The van der Waals surface area contributed by atoms with Gasteiger partial charge in [-0.2, -0.15) is 0 Å². The van der Waals surface area contributed by atoms with Gasteiger partial charge in [-0.3, -0.25) is 18.4 Å². The third-order valence-corrected chi connectivity index (χ3v) is 5.94. The van der Waals surface area contributed by atoms with Crippen LogP contribution in [0.5, 0.6) is 0 Å². The fourth-order valence-electron chi connectivity index (χ4n) is 3.23. The van der Waals surface area contributed by atoms with E-state index in [2.05, 4.69) is 5.32 Å². The van der Waals surface area contributed by atoms with Crippen molar-refractivity contribution in [2.45, 2.75) is 56.8 Å². The second-order valence-electron chi connectivity index (χ2n) is 6.90. The van der Waals surface area contributed by atoms with Gasteiger partial charge in [-0.05, 0) is 20.8 Å². The van der Waals surface area contributed by atoms with Crippen molar-refractivity contribution in [3.8, 4) is 0 Å². The summed E-state index contributed by atoms with van der Waals surface area (Å²) < 4.78 is 47.9. The molecule has 0 aromatic rings. The van der Waals surface area contributed by atoms with Crippen LogP contribution in [0.4, 0.5) is 4.39 Å². The van der Waals surface area contributed by atoms with Gasteiger partial charge in [0, 0.05) is 12.3 Å². The van der Waals surface area contributed by atoms with Crippen LogP contribution < -0.4 is 5.32 Å². The number of nitrogens with zero attached hydrogens (tertiary/aromatic N) is 1. The molecular weight excluding hydrogens is 374 g/mol. The minimum Gasteiger partial charge on any atom is -0.383 e. The van der Waals surface area contributed by atoms with Crippen molar-refractivity contribution in [2.24, 2.45) is 0 Å². The number of aliphatic hydroxyl groups excluding tert-OH is 1. The lowest BCUT2D eigenvalue weighted by Gasteiger charge is -2.41. The van der Waals surface area contributed by atoms with Gasteiger partial charge in [0.2, 0.25) is 12.3 Å². The van der Waals surface area contributed by atoms with E-state index >= 15 is 0 Å². The highest BCUT2D eigenvalue weighted by atomic mass is 31.2. The first kappa shape index (κ1) is 19.7. The average Bonchev–Trinajstić information content (AvgIpc) is 2.75.